The minimum absolute atomic E-state index is 0.142. The molecule has 1 saturated carbocycles. The van der Waals surface area contributed by atoms with Crippen molar-refractivity contribution in [2.24, 2.45) is 5.92 Å². The quantitative estimate of drug-likeness (QED) is 0.705. The fraction of sp³-hybridized carbons (Fsp3) is 0.769. The lowest BCUT2D eigenvalue weighted by Crippen LogP contribution is -2.31. The van der Waals surface area contributed by atoms with Crippen molar-refractivity contribution in [3.8, 4) is 11.8 Å². The van der Waals surface area contributed by atoms with Crippen molar-refractivity contribution < 1.29 is 4.79 Å². The van der Waals surface area contributed by atoms with Gasteiger partial charge in [0.05, 0.1) is 0 Å². The summed E-state index contributed by atoms with van der Waals surface area (Å²) in [5.74, 6) is 5.87. The Kier molecular flexibility index (Phi) is 5.25. The number of amides is 1. The topological polar surface area (TPSA) is 29.1 Å². The Morgan fingerprint density at radius 2 is 2.13 bits per heavy atom. The molecular weight excluding hydrogens is 186 g/mol. The first kappa shape index (κ1) is 12.1. The molecule has 0 radical (unpaired) electrons. The van der Waals surface area contributed by atoms with Crippen LogP contribution in [0.1, 0.15) is 52.4 Å². The number of nitrogens with one attached hydrogen (secondary N) is 1. The van der Waals surface area contributed by atoms with Crippen molar-refractivity contribution in [3.05, 3.63) is 0 Å². The van der Waals surface area contributed by atoms with Crippen LogP contribution in [0.5, 0.6) is 0 Å². The average molecular weight is 207 g/mol. The Balaban J connectivity index is 2.13. The third-order valence-electron chi connectivity index (χ3n) is 3.10. The van der Waals surface area contributed by atoms with E-state index in [1.807, 2.05) is 0 Å². The summed E-state index contributed by atoms with van der Waals surface area (Å²) in [7, 11) is 0. The molecule has 15 heavy (non-hydrogen) atoms. The maximum Gasteiger partial charge on any atom is 0.296 e. The summed E-state index contributed by atoms with van der Waals surface area (Å²) in [6.07, 6.45) is 7.90. The van der Waals surface area contributed by atoms with Crippen molar-refractivity contribution in [2.45, 2.75) is 58.4 Å². The van der Waals surface area contributed by atoms with E-state index in [0.29, 0.717) is 0 Å². The summed E-state index contributed by atoms with van der Waals surface area (Å²) in [6.45, 7) is 3.74. The van der Waals surface area contributed by atoms with E-state index in [1.54, 1.807) is 6.92 Å². The van der Waals surface area contributed by atoms with Crippen LogP contribution in [0, 0.1) is 17.8 Å². The SMILES string of the molecule is CC#CC(=O)NC(C)CCC1CCCC1. The van der Waals surface area contributed by atoms with E-state index >= 15 is 0 Å². The summed E-state index contributed by atoms with van der Waals surface area (Å²) in [6, 6.07) is 0.263. The van der Waals surface area contributed by atoms with Crippen LogP contribution < -0.4 is 5.32 Å². The fourth-order valence-corrected chi connectivity index (χ4v) is 2.23. The molecule has 1 aliphatic rings. The van der Waals surface area contributed by atoms with Gasteiger partial charge in [-0.05, 0) is 38.5 Å². The molecule has 0 aliphatic heterocycles. The second-order valence-corrected chi connectivity index (χ2v) is 4.48. The van der Waals surface area contributed by atoms with E-state index in [9.17, 15) is 4.79 Å². The predicted molar refractivity (Wildman–Crippen MR) is 62.2 cm³/mol. The standard InChI is InChI=1S/C13H21NO/c1-3-6-13(15)14-11(2)9-10-12-7-4-5-8-12/h11-12H,4-5,7-10H2,1-2H3,(H,14,15). The van der Waals surface area contributed by atoms with Gasteiger partial charge < -0.3 is 5.32 Å². The Hall–Kier alpha value is -0.970. The molecule has 1 amide bonds. The lowest BCUT2D eigenvalue weighted by atomic mass is 9.99. The highest BCUT2D eigenvalue weighted by molar-refractivity contribution is 5.93. The van der Waals surface area contributed by atoms with Gasteiger partial charge in [0.2, 0.25) is 0 Å². The van der Waals surface area contributed by atoms with Crippen LogP contribution in [0.3, 0.4) is 0 Å². The molecule has 0 aromatic rings. The van der Waals surface area contributed by atoms with Crippen molar-refractivity contribution in [1.82, 2.24) is 5.32 Å². The number of rotatable bonds is 4. The summed E-state index contributed by atoms with van der Waals surface area (Å²) < 4.78 is 0. The third kappa shape index (κ3) is 4.88. The van der Waals surface area contributed by atoms with Crippen LogP contribution in [0.25, 0.3) is 0 Å². The van der Waals surface area contributed by atoms with E-state index in [1.165, 1.54) is 32.1 Å². The Morgan fingerprint density at radius 3 is 2.73 bits per heavy atom. The summed E-state index contributed by atoms with van der Waals surface area (Å²) in [5, 5.41) is 2.89. The third-order valence-corrected chi connectivity index (χ3v) is 3.10. The largest absolute Gasteiger partial charge is 0.343 e. The van der Waals surface area contributed by atoms with Gasteiger partial charge >= 0.3 is 0 Å². The molecular formula is C13H21NO. The second-order valence-electron chi connectivity index (χ2n) is 4.48. The Morgan fingerprint density at radius 1 is 1.47 bits per heavy atom. The zero-order chi connectivity index (χ0) is 11.1. The molecule has 1 fully saturated rings. The maximum atomic E-state index is 11.2. The monoisotopic (exact) mass is 207 g/mol. The number of carbonyl (C=O) groups is 1. The number of carbonyl (C=O) groups excluding carboxylic acids is 1. The van der Waals surface area contributed by atoms with Crippen LogP contribution in [-0.2, 0) is 4.79 Å². The number of hydrogen-bond donors (Lipinski definition) is 1. The van der Waals surface area contributed by atoms with Crippen molar-refractivity contribution in [1.29, 1.82) is 0 Å². The van der Waals surface area contributed by atoms with Crippen LogP contribution in [-0.4, -0.2) is 11.9 Å². The lowest BCUT2D eigenvalue weighted by molar-refractivity contribution is -0.116. The van der Waals surface area contributed by atoms with Gasteiger partial charge in [0.15, 0.2) is 0 Å². The first-order valence-corrected chi connectivity index (χ1v) is 5.95. The Bertz CT molecular complexity index is 255. The number of hydrogen-bond acceptors (Lipinski definition) is 1. The van der Waals surface area contributed by atoms with Gasteiger partial charge in [0.25, 0.3) is 5.91 Å². The molecule has 84 valence electrons. The molecule has 0 spiro atoms. The molecule has 1 unspecified atom stereocenters. The van der Waals surface area contributed by atoms with Crippen LogP contribution in [0.4, 0.5) is 0 Å². The molecule has 1 N–H and O–H groups in total. The van der Waals surface area contributed by atoms with Gasteiger partial charge in [0.1, 0.15) is 0 Å². The fourth-order valence-electron chi connectivity index (χ4n) is 2.23. The minimum Gasteiger partial charge on any atom is -0.343 e. The second kappa shape index (κ2) is 6.50. The molecule has 1 aliphatic carbocycles. The van der Waals surface area contributed by atoms with E-state index in [2.05, 4.69) is 24.1 Å². The van der Waals surface area contributed by atoms with Crippen molar-refractivity contribution in [2.75, 3.05) is 0 Å². The van der Waals surface area contributed by atoms with E-state index in [0.717, 1.165) is 12.3 Å². The van der Waals surface area contributed by atoms with Crippen LogP contribution in [0.15, 0.2) is 0 Å². The zero-order valence-corrected chi connectivity index (χ0v) is 9.81. The van der Waals surface area contributed by atoms with Gasteiger partial charge in [0, 0.05) is 6.04 Å². The van der Waals surface area contributed by atoms with E-state index < -0.39 is 0 Å². The highest BCUT2D eigenvalue weighted by Gasteiger charge is 2.16. The average Bonchev–Trinajstić information content (AvgIpc) is 2.67. The van der Waals surface area contributed by atoms with Gasteiger partial charge in [-0.2, -0.15) is 0 Å². The Labute approximate surface area is 92.8 Å². The smallest absolute Gasteiger partial charge is 0.296 e. The molecule has 2 heteroatoms. The molecule has 0 aromatic carbocycles. The van der Waals surface area contributed by atoms with Crippen LogP contribution >= 0.6 is 0 Å². The molecule has 1 rings (SSSR count). The van der Waals surface area contributed by atoms with E-state index in [4.69, 9.17) is 0 Å². The molecule has 1 atom stereocenters. The molecule has 0 saturated heterocycles. The van der Waals surface area contributed by atoms with Gasteiger partial charge in [-0.25, -0.2) is 0 Å². The summed E-state index contributed by atoms with van der Waals surface area (Å²) >= 11 is 0. The van der Waals surface area contributed by atoms with Crippen molar-refractivity contribution >= 4 is 5.91 Å². The van der Waals surface area contributed by atoms with Crippen molar-refractivity contribution in [3.63, 3.8) is 0 Å². The van der Waals surface area contributed by atoms with Crippen LogP contribution in [0.2, 0.25) is 0 Å². The zero-order valence-electron chi connectivity index (χ0n) is 9.81. The lowest BCUT2D eigenvalue weighted by Gasteiger charge is -2.14. The van der Waals surface area contributed by atoms with E-state index in [-0.39, 0.29) is 11.9 Å². The predicted octanol–water partition coefficient (Wildman–Crippen LogP) is 2.48. The summed E-state index contributed by atoms with van der Waals surface area (Å²) in [5.41, 5.74) is 0. The minimum atomic E-state index is -0.142. The van der Waals surface area contributed by atoms with Gasteiger partial charge in [-0.1, -0.05) is 31.6 Å². The molecule has 2 nitrogen and oxygen atoms in total. The first-order chi connectivity index (χ1) is 7.22. The summed E-state index contributed by atoms with van der Waals surface area (Å²) in [4.78, 5) is 11.2. The maximum absolute atomic E-state index is 11.2. The normalized spacial score (nSPS) is 18.0. The van der Waals surface area contributed by atoms with Gasteiger partial charge in [-0.15, -0.1) is 0 Å². The molecule has 0 heterocycles. The highest BCUT2D eigenvalue weighted by Crippen LogP contribution is 2.28. The van der Waals surface area contributed by atoms with Gasteiger partial charge in [-0.3, -0.25) is 4.79 Å². The first-order valence-electron chi connectivity index (χ1n) is 5.95. The molecule has 0 aromatic heterocycles. The highest BCUT2D eigenvalue weighted by atomic mass is 16.1. The molecule has 0 bridgehead atoms.